The van der Waals surface area contributed by atoms with Crippen molar-refractivity contribution in [3.63, 3.8) is 0 Å². The molecule has 0 radical (unpaired) electrons. The largest absolute Gasteiger partial charge is 0.298 e. The first-order chi connectivity index (χ1) is 12.6. The van der Waals surface area contributed by atoms with Gasteiger partial charge in [0.15, 0.2) is 5.13 Å². The van der Waals surface area contributed by atoms with Gasteiger partial charge in [0.1, 0.15) is 0 Å². The molecule has 1 aromatic heterocycles. The Balaban J connectivity index is 1.52. The maximum atomic E-state index is 12.6. The zero-order chi connectivity index (χ0) is 18.1. The lowest BCUT2D eigenvalue weighted by molar-refractivity contribution is 0.102. The first-order valence-electron chi connectivity index (χ1n) is 8.44. The van der Waals surface area contributed by atoms with Crippen LogP contribution in [0.4, 0.5) is 5.13 Å². The predicted octanol–water partition coefficient (Wildman–Crippen LogP) is 6.25. The number of rotatable bonds is 3. The van der Waals surface area contributed by atoms with Gasteiger partial charge in [0.25, 0.3) is 5.91 Å². The van der Waals surface area contributed by atoms with Crippen molar-refractivity contribution < 1.29 is 4.79 Å². The van der Waals surface area contributed by atoms with Gasteiger partial charge < -0.3 is 0 Å². The smallest absolute Gasteiger partial charge is 0.257 e. The Morgan fingerprint density at radius 2 is 1.81 bits per heavy atom. The van der Waals surface area contributed by atoms with Crippen LogP contribution in [0.3, 0.4) is 0 Å². The van der Waals surface area contributed by atoms with Crippen molar-refractivity contribution in [2.45, 2.75) is 25.7 Å². The molecule has 0 bridgehead atoms. The third kappa shape index (κ3) is 3.63. The van der Waals surface area contributed by atoms with E-state index in [0.29, 0.717) is 20.7 Å². The Kier molecular flexibility index (Phi) is 4.98. The number of benzene rings is 2. The monoisotopic (exact) mass is 402 g/mol. The Bertz CT molecular complexity index is 984. The highest BCUT2D eigenvalue weighted by Crippen LogP contribution is 2.30. The highest BCUT2D eigenvalue weighted by Gasteiger charge is 2.14. The van der Waals surface area contributed by atoms with Crippen LogP contribution in [0.15, 0.2) is 41.8 Å². The molecule has 0 aliphatic heterocycles. The SMILES string of the molecule is O=C(Nc1nc(-c2ccc(Cl)c(Cl)c2)cs1)c1ccc2c(c1)CCCC2. The number of hydrogen-bond acceptors (Lipinski definition) is 3. The van der Waals surface area contributed by atoms with Gasteiger partial charge in [-0.15, -0.1) is 11.3 Å². The maximum Gasteiger partial charge on any atom is 0.257 e. The van der Waals surface area contributed by atoms with E-state index < -0.39 is 0 Å². The lowest BCUT2D eigenvalue weighted by atomic mass is 9.90. The van der Waals surface area contributed by atoms with Crippen molar-refractivity contribution in [3.8, 4) is 11.3 Å². The molecule has 3 aromatic rings. The highest BCUT2D eigenvalue weighted by molar-refractivity contribution is 7.14. The molecule has 132 valence electrons. The molecule has 0 unspecified atom stereocenters. The van der Waals surface area contributed by atoms with Crippen LogP contribution in [0.1, 0.15) is 34.3 Å². The minimum Gasteiger partial charge on any atom is -0.298 e. The summed E-state index contributed by atoms with van der Waals surface area (Å²) in [6.45, 7) is 0. The average Bonchev–Trinajstić information content (AvgIpc) is 3.12. The fourth-order valence-corrected chi connectivity index (χ4v) is 4.18. The maximum absolute atomic E-state index is 12.6. The van der Waals surface area contributed by atoms with Crippen LogP contribution in [-0.4, -0.2) is 10.9 Å². The van der Waals surface area contributed by atoms with E-state index in [-0.39, 0.29) is 5.91 Å². The molecule has 1 amide bonds. The number of fused-ring (bicyclic) bond motifs is 1. The van der Waals surface area contributed by atoms with E-state index in [1.807, 2.05) is 23.6 Å². The first-order valence-corrected chi connectivity index (χ1v) is 10.1. The molecule has 1 heterocycles. The number of aryl methyl sites for hydroxylation is 2. The molecule has 0 atom stereocenters. The third-order valence-electron chi connectivity index (χ3n) is 4.55. The van der Waals surface area contributed by atoms with Crippen LogP contribution in [-0.2, 0) is 12.8 Å². The van der Waals surface area contributed by atoms with E-state index in [9.17, 15) is 4.79 Å². The van der Waals surface area contributed by atoms with Crippen molar-refractivity contribution in [3.05, 3.63) is 68.5 Å². The standard InChI is InChI=1S/C20H16Cl2N2OS/c21-16-8-7-14(10-17(16)22)18-11-26-20(23-18)24-19(25)15-6-5-12-3-1-2-4-13(12)9-15/h5-11H,1-4H2,(H,23,24,25). The second kappa shape index (κ2) is 7.39. The van der Waals surface area contributed by atoms with Crippen LogP contribution in [0, 0.1) is 0 Å². The zero-order valence-corrected chi connectivity index (χ0v) is 16.2. The van der Waals surface area contributed by atoms with Crippen molar-refractivity contribution >= 4 is 45.6 Å². The summed E-state index contributed by atoms with van der Waals surface area (Å²) < 4.78 is 0. The summed E-state index contributed by atoms with van der Waals surface area (Å²) in [7, 11) is 0. The summed E-state index contributed by atoms with van der Waals surface area (Å²) >= 11 is 13.4. The highest BCUT2D eigenvalue weighted by atomic mass is 35.5. The van der Waals surface area contributed by atoms with Gasteiger partial charge in [0.2, 0.25) is 0 Å². The summed E-state index contributed by atoms with van der Waals surface area (Å²) in [5, 5.41) is 6.33. The number of amides is 1. The van der Waals surface area contributed by atoms with Gasteiger partial charge in [-0.25, -0.2) is 4.98 Å². The molecule has 6 heteroatoms. The van der Waals surface area contributed by atoms with Crippen molar-refractivity contribution in [1.82, 2.24) is 4.98 Å². The number of nitrogens with zero attached hydrogens (tertiary/aromatic N) is 1. The Hall–Kier alpha value is -1.88. The van der Waals surface area contributed by atoms with E-state index in [2.05, 4.69) is 16.4 Å². The van der Waals surface area contributed by atoms with Gasteiger partial charge in [-0.2, -0.15) is 0 Å². The van der Waals surface area contributed by atoms with E-state index in [1.165, 1.54) is 35.3 Å². The van der Waals surface area contributed by atoms with Crippen molar-refractivity contribution in [2.75, 3.05) is 5.32 Å². The molecule has 4 rings (SSSR count). The van der Waals surface area contributed by atoms with Crippen LogP contribution in [0.2, 0.25) is 10.0 Å². The Morgan fingerprint density at radius 1 is 1.00 bits per heavy atom. The van der Waals surface area contributed by atoms with Gasteiger partial charge in [0, 0.05) is 16.5 Å². The van der Waals surface area contributed by atoms with Gasteiger partial charge in [0.05, 0.1) is 15.7 Å². The lowest BCUT2D eigenvalue weighted by Crippen LogP contribution is -2.13. The number of carbonyl (C=O) groups is 1. The van der Waals surface area contributed by atoms with Crippen molar-refractivity contribution in [1.29, 1.82) is 0 Å². The molecular formula is C20H16Cl2N2OS. The number of halogens is 2. The van der Waals surface area contributed by atoms with Crippen LogP contribution in [0.25, 0.3) is 11.3 Å². The number of anilines is 1. The molecule has 1 N–H and O–H groups in total. The minimum atomic E-state index is -0.131. The predicted molar refractivity (Wildman–Crippen MR) is 109 cm³/mol. The van der Waals surface area contributed by atoms with Gasteiger partial charge in [-0.05, 0) is 61.1 Å². The topological polar surface area (TPSA) is 42.0 Å². The fraction of sp³-hybridized carbons (Fsp3) is 0.200. The molecule has 1 aliphatic carbocycles. The Morgan fingerprint density at radius 3 is 2.62 bits per heavy atom. The van der Waals surface area contributed by atoms with E-state index >= 15 is 0 Å². The molecule has 1 aliphatic rings. The van der Waals surface area contributed by atoms with Crippen LogP contribution in [0.5, 0.6) is 0 Å². The zero-order valence-electron chi connectivity index (χ0n) is 13.9. The number of carbonyl (C=O) groups excluding carboxylic acids is 1. The third-order valence-corrected chi connectivity index (χ3v) is 6.05. The van der Waals surface area contributed by atoms with Crippen LogP contribution >= 0.6 is 34.5 Å². The number of hydrogen-bond donors (Lipinski definition) is 1. The Labute approximate surface area is 166 Å². The van der Waals surface area contributed by atoms with E-state index in [4.69, 9.17) is 23.2 Å². The molecule has 0 spiro atoms. The van der Waals surface area contributed by atoms with E-state index in [1.54, 1.807) is 12.1 Å². The lowest BCUT2D eigenvalue weighted by Gasteiger charge is -2.16. The number of thiazole rings is 1. The molecule has 0 fully saturated rings. The second-order valence-electron chi connectivity index (χ2n) is 6.31. The summed E-state index contributed by atoms with van der Waals surface area (Å²) in [6, 6.07) is 11.4. The van der Waals surface area contributed by atoms with Crippen LogP contribution < -0.4 is 5.32 Å². The summed E-state index contributed by atoms with van der Waals surface area (Å²) in [4.78, 5) is 17.1. The van der Waals surface area contributed by atoms with E-state index in [0.717, 1.165) is 24.1 Å². The minimum absolute atomic E-state index is 0.131. The van der Waals surface area contributed by atoms with Gasteiger partial charge in [-0.1, -0.05) is 35.3 Å². The second-order valence-corrected chi connectivity index (χ2v) is 7.98. The molecule has 0 saturated heterocycles. The average molecular weight is 403 g/mol. The summed E-state index contributed by atoms with van der Waals surface area (Å²) in [6.07, 6.45) is 4.58. The number of aromatic nitrogens is 1. The molecule has 2 aromatic carbocycles. The van der Waals surface area contributed by atoms with Crippen molar-refractivity contribution in [2.24, 2.45) is 0 Å². The molecule has 0 saturated carbocycles. The molecule has 3 nitrogen and oxygen atoms in total. The summed E-state index contributed by atoms with van der Waals surface area (Å²) in [5.41, 5.74) is 4.96. The quantitative estimate of drug-likeness (QED) is 0.562. The fourth-order valence-electron chi connectivity index (χ4n) is 3.16. The van der Waals surface area contributed by atoms with Gasteiger partial charge in [-0.3, -0.25) is 10.1 Å². The normalized spacial score (nSPS) is 13.3. The molecular weight excluding hydrogens is 387 g/mol. The van der Waals surface area contributed by atoms with Gasteiger partial charge >= 0.3 is 0 Å². The number of nitrogens with one attached hydrogen (secondary N) is 1. The first kappa shape index (κ1) is 17.5. The summed E-state index contributed by atoms with van der Waals surface area (Å²) in [5.74, 6) is -0.131. The molecule has 26 heavy (non-hydrogen) atoms.